The lowest BCUT2D eigenvalue weighted by molar-refractivity contribution is -0.145. The predicted molar refractivity (Wildman–Crippen MR) is 217 cm³/mol. The Bertz CT molecular complexity index is 1760. The number of likely N-dealkylation sites (tertiary alicyclic amines) is 2. The third-order valence-electron chi connectivity index (χ3n) is 16.1. The van der Waals surface area contributed by atoms with Crippen LogP contribution in [-0.4, -0.2) is 103 Å². The Morgan fingerprint density at radius 1 is 0.877 bits per heavy atom. The number of nitrogens with zero attached hydrogens (tertiary/aromatic N) is 2. The van der Waals surface area contributed by atoms with E-state index in [0.29, 0.717) is 32.4 Å². The standard InChI is InChI=1S/C43H68N6O7S/c1-8-29-23-43(29,38(54)47-57(55,56)30-18-19-30)46-35(51)31-24-42(40(6,7)41(42)20-14-21-41)26-49(31)37(53)33(39(3,4)5)45-36(52)32(27-15-11-10-12-16-27)44-34(50)28-17-13-22-48(9-2)25-28/h8,27-33H,1,9-26H2,2-7H3,(H,44,50)(H,45,52)(H,46,51)(H,47,54)/t28-,29-,31+,32+,33-,42-,43-/m1/s1. The number of carbonyl (C=O) groups excluding carboxylic acids is 5. The van der Waals surface area contributed by atoms with Crippen LogP contribution in [0.3, 0.4) is 0 Å². The van der Waals surface area contributed by atoms with E-state index < -0.39 is 62.1 Å². The van der Waals surface area contributed by atoms with Gasteiger partial charge in [0.05, 0.1) is 11.2 Å². The van der Waals surface area contributed by atoms with Crippen LogP contribution >= 0.6 is 0 Å². The molecule has 14 heteroatoms. The van der Waals surface area contributed by atoms with Gasteiger partial charge in [-0.1, -0.05) is 73.3 Å². The molecular formula is C43H68N6O7S. The van der Waals surface area contributed by atoms with Crippen molar-refractivity contribution in [1.82, 2.24) is 30.5 Å². The van der Waals surface area contributed by atoms with E-state index in [1.165, 1.54) is 0 Å². The first-order chi connectivity index (χ1) is 26.8. The molecule has 2 heterocycles. The number of nitrogens with one attached hydrogen (secondary N) is 4. The van der Waals surface area contributed by atoms with Crippen molar-refractivity contribution in [2.45, 2.75) is 160 Å². The second kappa shape index (κ2) is 14.9. The van der Waals surface area contributed by atoms with Gasteiger partial charge in [-0.3, -0.25) is 28.7 Å². The monoisotopic (exact) mass is 812 g/mol. The van der Waals surface area contributed by atoms with Gasteiger partial charge in [0.25, 0.3) is 5.91 Å². The van der Waals surface area contributed by atoms with Gasteiger partial charge in [-0.05, 0) is 99.5 Å². The molecule has 2 aliphatic heterocycles. The van der Waals surface area contributed by atoms with Gasteiger partial charge in [0, 0.05) is 24.4 Å². The zero-order chi connectivity index (χ0) is 41.3. The Hall–Kier alpha value is -3.00. The molecule has 0 radical (unpaired) electrons. The third-order valence-corrected chi connectivity index (χ3v) is 17.9. The van der Waals surface area contributed by atoms with Gasteiger partial charge in [-0.15, -0.1) is 6.58 Å². The molecule has 7 atom stereocenters. The minimum Gasteiger partial charge on any atom is -0.344 e. The highest BCUT2D eigenvalue weighted by Gasteiger charge is 2.85. The minimum absolute atomic E-state index is 0.00644. The van der Waals surface area contributed by atoms with Crippen molar-refractivity contribution >= 4 is 39.6 Å². The zero-order valence-corrected chi connectivity index (χ0v) is 36.0. The maximum atomic E-state index is 15.2. The first kappa shape index (κ1) is 42.1. The molecule has 2 saturated heterocycles. The Balaban J connectivity index is 1.15. The normalized spacial score (nSPS) is 33.1. The topological polar surface area (TPSA) is 174 Å². The maximum absolute atomic E-state index is 15.2. The fourth-order valence-electron chi connectivity index (χ4n) is 11.8. The van der Waals surface area contributed by atoms with Gasteiger partial charge < -0.3 is 25.8 Å². The molecule has 0 bridgehead atoms. The fourth-order valence-corrected chi connectivity index (χ4v) is 13.2. The molecule has 7 aliphatic rings. The van der Waals surface area contributed by atoms with E-state index in [1.54, 1.807) is 11.0 Å². The molecule has 318 valence electrons. The molecule has 4 N–H and O–H groups in total. The van der Waals surface area contributed by atoms with Gasteiger partial charge in [-0.2, -0.15) is 0 Å². The Morgan fingerprint density at radius 2 is 1.56 bits per heavy atom. The van der Waals surface area contributed by atoms with Crippen LogP contribution in [-0.2, 0) is 34.0 Å². The summed E-state index contributed by atoms with van der Waals surface area (Å²) in [4.78, 5) is 75.8. The van der Waals surface area contributed by atoms with Crippen molar-refractivity contribution in [3.05, 3.63) is 12.7 Å². The quantitative estimate of drug-likeness (QED) is 0.204. The number of carbonyl (C=O) groups is 5. The SMILES string of the molecule is C=C[C@@H]1C[C@]1(NC(=O)[C@@H]1C[C@@]2(CN1C(=O)[C@@H](NC(=O)[C@@H](NC(=O)[C@@H]1CCCN(CC)C1)C1CCCCC1)C(C)(C)C)C(C)(C)C21CCC1)C(=O)NS(=O)(=O)C1CC1. The molecule has 13 nitrogen and oxygen atoms in total. The molecule has 2 spiro atoms. The largest absolute Gasteiger partial charge is 0.344 e. The van der Waals surface area contributed by atoms with Gasteiger partial charge in [-0.25, -0.2) is 8.42 Å². The lowest BCUT2D eigenvalue weighted by atomic mass is 9.73. The second-order valence-corrected chi connectivity index (χ2v) is 22.4. The molecule has 7 rings (SSSR count). The summed E-state index contributed by atoms with van der Waals surface area (Å²) >= 11 is 0. The van der Waals surface area contributed by atoms with Crippen LogP contribution in [0.25, 0.3) is 0 Å². The van der Waals surface area contributed by atoms with Crippen LogP contribution in [0, 0.1) is 39.4 Å². The minimum atomic E-state index is -3.87. The van der Waals surface area contributed by atoms with Gasteiger partial charge in [0.15, 0.2) is 0 Å². The number of fused-ring (bicyclic) bond motifs is 1. The van der Waals surface area contributed by atoms with Crippen molar-refractivity contribution in [3.63, 3.8) is 0 Å². The lowest BCUT2D eigenvalue weighted by Crippen LogP contribution is -2.62. The molecule has 0 unspecified atom stereocenters. The third kappa shape index (κ3) is 7.24. The number of hydrogen-bond donors (Lipinski definition) is 4. The summed E-state index contributed by atoms with van der Waals surface area (Å²) < 4.78 is 27.9. The van der Waals surface area contributed by atoms with Crippen LogP contribution in [0.5, 0.6) is 0 Å². The van der Waals surface area contributed by atoms with E-state index >= 15 is 4.79 Å². The zero-order valence-electron chi connectivity index (χ0n) is 35.2. The smallest absolute Gasteiger partial charge is 0.259 e. The average molecular weight is 813 g/mol. The molecular weight excluding hydrogens is 745 g/mol. The highest BCUT2D eigenvalue weighted by molar-refractivity contribution is 7.91. The summed E-state index contributed by atoms with van der Waals surface area (Å²) in [6, 6.07) is -2.73. The molecule has 0 aromatic heterocycles. The molecule has 5 saturated carbocycles. The first-order valence-electron chi connectivity index (χ1n) is 21.9. The average Bonchev–Trinajstić information content (AvgIpc) is 4.10. The van der Waals surface area contributed by atoms with E-state index in [2.05, 4.69) is 52.9 Å². The number of rotatable bonds is 13. The number of hydrogen-bond acceptors (Lipinski definition) is 8. The molecule has 57 heavy (non-hydrogen) atoms. The van der Waals surface area contributed by atoms with Gasteiger partial charge in [0.2, 0.25) is 33.7 Å². The van der Waals surface area contributed by atoms with Crippen molar-refractivity contribution in [3.8, 4) is 0 Å². The Labute approximate surface area is 340 Å². The summed E-state index contributed by atoms with van der Waals surface area (Å²) in [6.45, 7) is 18.9. The Morgan fingerprint density at radius 3 is 2.11 bits per heavy atom. The number of amides is 5. The summed E-state index contributed by atoms with van der Waals surface area (Å²) in [6.07, 6.45) is 12.6. The Kier molecular flexibility index (Phi) is 11.0. The van der Waals surface area contributed by atoms with E-state index in [0.717, 1.165) is 77.3 Å². The fraction of sp³-hybridized carbons (Fsp3) is 0.837. The predicted octanol–water partition coefficient (Wildman–Crippen LogP) is 3.78. The molecule has 0 aromatic rings. The first-order valence-corrected chi connectivity index (χ1v) is 23.5. The van der Waals surface area contributed by atoms with Crippen LogP contribution in [0.15, 0.2) is 12.7 Å². The van der Waals surface area contributed by atoms with Crippen LogP contribution in [0.4, 0.5) is 0 Å². The van der Waals surface area contributed by atoms with Crippen LogP contribution in [0.1, 0.15) is 131 Å². The van der Waals surface area contributed by atoms with Gasteiger partial charge >= 0.3 is 0 Å². The highest BCUT2D eigenvalue weighted by atomic mass is 32.2. The van der Waals surface area contributed by atoms with E-state index in [-0.39, 0.29) is 52.2 Å². The van der Waals surface area contributed by atoms with E-state index in [1.807, 2.05) is 20.8 Å². The summed E-state index contributed by atoms with van der Waals surface area (Å²) in [5.41, 5.74) is -2.70. The molecule has 0 aromatic carbocycles. The maximum Gasteiger partial charge on any atom is 0.259 e. The van der Waals surface area contributed by atoms with Crippen LogP contribution < -0.4 is 20.7 Å². The van der Waals surface area contributed by atoms with E-state index in [4.69, 9.17) is 0 Å². The number of piperidine rings is 1. The second-order valence-electron chi connectivity index (χ2n) is 20.4. The number of sulfonamides is 1. The molecule has 7 fully saturated rings. The lowest BCUT2D eigenvalue weighted by Gasteiger charge is -2.38. The van der Waals surface area contributed by atoms with E-state index in [9.17, 15) is 27.6 Å². The van der Waals surface area contributed by atoms with Crippen molar-refractivity contribution in [2.75, 3.05) is 26.2 Å². The van der Waals surface area contributed by atoms with Crippen molar-refractivity contribution in [1.29, 1.82) is 0 Å². The van der Waals surface area contributed by atoms with Gasteiger partial charge in [0.1, 0.15) is 23.7 Å². The molecule has 5 amide bonds. The van der Waals surface area contributed by atoms with Crippen molar-refractivity contribution in [2.24, 2.45) is 39.4 Å². The van der Waals surface area contributed by atoms with Crippen molar-refractivity contribution < 1.29 is 32.4 Å². The highest BCUT2D eigenvalue weighted by Crippen LogP contribution is 2.88. The summed E-state index contributed by atoms with van der Waals surface area (Å²) in [5, 5.41) is 8.67. The van der Waals surface area contributed by atoms with Crippen LogP contribution in [0.2, 0.25) is 0 Å². The molecule has 5 aliphatic carbocycles. The summed E-state index contributed by atoms with van der Waals surface area (Å²) in [5.74, 6) is -2.84. The summed E-state index contributed by atoms with van der Waals surface area (Å²) in [7, 11) is -3.87.